The van der Waals surface area contributed by atoms with Crippen molar-refractivity contribution in [1.29, 1.82) is 5.26 Å². The molecule has 0 saturated carbocycles. The summed E-state index contributed by atoms with van der Waals surface area (Å²) in [5.74, 6) is 0. The molecule has 5 aromatic rings. The van der Waals surface area contributed by atoms with Gasteiger partial charge in [0.25, 0.3) is 0 Å². The zero-order valence-electron chi connectivity index (χ0n) is 15.0. The van der Waals surface area contributed by atoms with Crippen LogP contribution in [-0.2, 0) is 0 Å². The highest BCUT2D eigenvalue weighted by atomic mass is 32.1. The van der Waals surface area contributed by atoms with Gasteiger partial charge in [0, 0.05) is 57.2 Å². The van der Waals surface area contributed by atoms with Crippen LogP contribution >= 0.6 is 11.3 Å². The number of hydrogen-bond acceptors (Lipinski definition) is 5. The molecule has 0 amide bonds. The Hall–Kier alpha value is -3.69. The second kappa shape index (κ2) is 6.48. The Balaban J connectivity index is 1.67. The number of rotatable bonds is 3. The number of benzene rings is 1. The maximum Gasteiger partial charge on any atom is 0.126 e. The minimum Gasteiger partial charge on any atom is -0.361 e. The first-order chi connectivity index (χ1) is 13.7. The molecule has 0 aliphatic carbocycles. The van der Waals surface area contributed by atoms with Gasteiger partial charge in [-0.2, -0.15) is 5.26 Å². The molecule has 0 bridgehead atoms. The Morgan fingerprint density at radius 2 is 2.07 bits per heavy atom. The molecule has 0 radical (unpaired) electrons. The molecule has 0 atom stereocenters. The summed E-state index contributed by atoms with van der Waals surface area (Å²) in [6.45, 7) is 2.08. The van der Waals surface area contributed by atoms with Crippen LogP contribution in [0.4, 0.5) is 11.4 Å². The van der Waals surface area contributed by atoms with E-state index in [-0.39, 0.29) is 0 Å². The summed E-state index contributed by atoms with van der Waals surface area (Å²) < 4.78 is 0. The van der Waals surface area contributed by atoms with Crippen LogP contribution < -0.4 is 5.32 Å². The van der Waals surface area contributed by atoms with E-state index in [0.29, 0.717) is 5.56 Å². The highest BCUT2D eigenvalue weighted by molar-refractivity contribution is 7.21. The standard InChI is InChI=1S/C22H15N5S/c1-13-16-6-8-25-19(16)5-4-18(13)27-21-15(10-23)12-26-22-17(21)9-20(28-22)14-3-2-7-24-11-14/h2-9,11-12,25H,1H3,(H,26,27). The third-order valence-corrected chi connectivity index (χ3v) is 5.98. The van der Waals surface area contributed by atoms with Gasteiger partial charge in [-0.25, -0.2) is 4.98 Å². The van der Waals surface area contributed by atoms with Gasteiger partial charge in [-0.15, -0.1) is 11.3 Å². The molecule has 4 aromatic heterocycles. The largest absolute Gasteiger partial charge is 0.361 e. The van der Waals surface area contributed by atoms with E-state index in [2.05, 4.69) is 45.4 Å². The van der Waals surface area contributed by atoms with Gasteiger partial charge >= 0.3 is 0 Å². The van der Waals surface area contributed by atoms with Gasteiger partial charge in [0.15, 0.2) is 0 Å². The van der Waals surface area contributed by atoms with Crippen molar-refractivity contribution in [1.82, 2.24) is 15.0 Å². The van der Waals surface area contributed by atoms with E-state index in [1.54, 1.807) is 23.7 Å². The average Bonchev–Trinajstić information content (AvgIpc) is 3.38. The maximum atomic E-state index is 9.65. The van der Waals surface area contributed by atoms with Crippen LogP contribution in [0.15, 0.2) is 61.2 Å². The maximum absolute atomic E-state index is 9.65. The van der Waals surface area contributed by atoms with E-state index < -0.39 is 0 Å². The van der Waals surface area contributed by atoms with Gasteiger partial charge < -0.3 is 10.3 Å². The Bertz CT molecular complexity index is 1360. The van der Waals surface area contributed by atoms with E-state index in [4.69, 9.17) is 0 Å². The summed E-state index contributed by atoms with van der Waals surface area (Å²) >= 11 is 1.60. The minimum absolute atomic E-state index is 0.525. The van der Waals surface area contributed by atoms with Gasteiger partial charge in [-0.05, 0) is 42.8 Å². The van der Waals surface area contributed by atoms with Crippen LogP contribution in [0.3, 0.4) is 0 Å². The summed E-state index contributed by atoms with van der Waals surface area (Å²) in [6.07, 6.45) is 7.17. The van der Waals surface area contributed by atoms with Crippen molar-refractivity contribution in [3.05, 3.63) is 72.3 Å². The first-order valence-electron chi connectivity index (χ1n) is 8.81. The number of aromatic amines is 1. The topological polar surface area (TPSA) is 77.4 Å². The van der Waals surface area contributed by atoms with E-state index in [9.17, 15) is 5.26 Å². The average molecular weight is 381 g/mol. The zero-order chi connectivity index (χ0) is 19.1. The third-order valence-electron chi connectivity index (χ3n) is 4.89. The zero-order valence-corrected chi connectivity index (χ0v) is 15.8. The Labute approximate surface area is 165 Å². The smallest absolute Gasteiger partial charge is 0.126 e. The van der Waals surface area contributed by atoms with Gasteiger partial charge in [0.05, 0.1) is 11.3 Å². The van der Waals surface area contributed by atoms with Gasteiger partial charge in [0.2, 0.25) is 0 Å². The quantitative estimate of drug-likeness (QED) is 0.416. The molecule has 0 saturated heterocycles. The van der Waals surface area contributed by atoms with E-state index >= 15 is 0 Å². The molecule has 0 aliphatic rings. The fourth-order valence-electron chi connectivity index (χ4n) is 3.41. The molecule has 0 fully saturated rings. The lowest BCUT2D eigenvalue weighted by Crippen LogP contribution is -1.97. The fourth-order valence-corrected chi connectivity index (χ4v) is 4.41. The van der Waals surface area contributed by atoms with Crippen LogP contribution in [0, 0.1) is 18.3 Å². The highest BCUT2D eigenvalue weighted by Crippen LogP contribution is 2.39. The van der Waals surface area contributed by atoms with E-state index in [0.717, 1.165) is 48.5 Å². The summed E-state index contributed by atoms with van der Waals surface area (Å²) in [5, 5.41) is 15.2. The Kier molecular flexibility index (Phi) is 3.81. The molecule has 0 aliphatic heterocycles. The molecular weight excluding hydrogens is 366 g/mol. The van der Waals surface area contributed by atoms with Crippen molar-refractivity contribution >= 4 is 43.8 Å². The van der Waals surface area contributed by atoms with Crippen molar-refractivity contribution in [3.8, 4) is 16.5 Å². The number of fused-ring (bicyclic) bond motifs is 2. The van der Waals surface area contributed by atoms with Crippen LogP contribution in [-0.4, -0.2) is 15.0 Å². The van der Waals surface area contributed by atoms with E-state index in [1.807, 2.05) is 36.7 Å². The molecule has 134 valence electrons. The number of hydrogen-bond donors (Lipinski definition) is 2. The molecule has 1 aromatic carbocycles. The number of aryl methyl sites for hydroxylation is 1. The molecule has 5 rings (SSSR count). The number of nitriles is 1. The van der Waals surface area contributed by atoms with Crippen molar-refractivity contribution < 1.29 is 0 Å². The lowest BCUT2D eigenvalue weighted by Gasteiger charge is -2.12. The van der Waals surface area contributed by atoms with Gasteiger partial charge in [-0.1, -0.05) is 6.07 Å². The second-order valence-corrected chi connectivity index (χ2v) is 7.56. The number of nitrogens with zero attached hydrogens (tertiary/aromatic N) is 3. The van der Waals surface area contributed by atoms with Crippen molar-refractivity contribution in [2.45, 2.75) is 6.92 Å². The SMILES string of the molecule is Cc1c(Nc2c(C#N)cnc3sc(-c4cccnc4)cc23)ccc2[nH]ccc12. The van der Waals surface area contributed by atoms with Gasteiger partial charge in [-0.3, -0.25) is 4.98 Å². The molecule has 28 heavy (non-hydrogen) atoms. The van der Waals surface area contributed by atoms with Crippen LogP contribution in [0.1, 0.15) is 11.1 Å². The molecular formula is C22H15N5S. The normalized spacial score (nSPS) is 11.0. The van der Waals surface area contributed by atoms with Crippen LogP contribution in [0.25, 0.3) is 31.6 Å². The highest BCUT2D eigenvalue weighted by Gasteiger charge is 2.15. The lowest BCUT2D eigenvalue weighted by molar-refractivity contribution is 1.33. The van der Waals surface area contributed by atoms with E-state index in [1.165, 1.54) is 0 Å². The number of pyridine rings is 2. The molecule has 0 unspecified atom stereocenters. The predicted molar refractivity (Wildman–Crippen MR) is 114 cm³/mol. The summed E-state index contributed by atoms with van der Waals surface area (Å²) in [6, 6.07) is 14.4. The predicted octanol–water partition coefficient (Wildman–Crippen LogP) is 5.76. The summed E-state index contributed by atoms with van der Waals surface area (Å²) in [4.78, 5) is 13.9. The number of aromatic nitrogens is 3. The third kappa shape index (κ3) is 2.61. The van der Waals surface area contributed by atoms with Crippen LogP contribution in [0.2, 0.25) is 0 Å². The van der Waals surface area contributed by atoms with Crippen molar-refractivity contribution in [3.63, 3.8) is 0 Å². The molecule has 6 heteroatoms. The van der Waals surface area contributed by atoms with Crippen LogP contribution in [0.5, 0.6) is 0 Å². The molecule has 2 N–H and O–H groups in total. The number of H-pyrrole nitrogens is 1. The number of thiophene rings is 1. The molecule has 4 heterocycles. The van der Waals surface area contributed by atoms with Gasteiger partial charge in [0.1, 0.15) is 10.9 Å². The second-order valence-electron chi connectivity index (χ2n) is 6.53. The first-order valence-corrected chi connectivity index (χ1v) is 9.63. The fraction of sp³-hybridized carbons (Fsp3) is 0.0455. The lowest BCUT2D eigenvalue weighted by atomic mass is 10.1. The minimum atomic E-state index is 0.525. The van der Waals surface area contributed by atoms with Crippen molar-refractivity contribution in [2.24, 2.45) is 0 Å². The number of anilines is 2. The monoisotopic (exact) mass is 381 g/mol. The summed E-state index contributed by atoms with van der Waals surface area (Å²) in [5.41, 5.74) is 5.56. The molecule has 0 spiro atoms. The molecule has 5 nitrogen and oxygen atoms in total. The Morgan fingerprint density at radius 1 is 1.14 bits per heavy atom. The summed E-state index contributed by atoms with van der Waals surface area (Å²) in [7, 11) is 0. The Morgan fingerprint density at radius 3 is 2.89 bits per heavy atom. The number of nitrogens with one attached hydrogen (secondary N) is 2. The first kappa shape index (κ1) is 16.5. The van der Waals surface area contributed by atoms with Crippen molar-refractivity contribution in [2.75, 3.05) is 5.32 Å².